The van der Waals surface area contributed by atoms with Crippen molar-refractivity contribution in [2.45, 2.75) is 64.3 Å². The minimum atomic E-state index is 0.673. The molecule has 1 saturated heterocycles. The fraction of sp³-hybridized carbons (Fsp3) is 1.00. The molecule has 0 aromatic rings. The summed E-state index contributed by atoms with van der Waals surface area (Å²) in [5, 5.41) is 4.42. The Morgan fingerprint density at radius 2 is 2.00 bits per heavy atom. The highest BCUT2D eigenvalue weighted by Gasteiger charge is 2.18. The monoisotopic (exact) mass is 258 g/mol. The minimum absolute atomic E-state index is 0.673. The van der Waals surface area contributed by atoms with Gasteiger partial charge in [-0.3, -0.25) is 4.90 Å². The first-order chi connectivity index (χ1) is 8.09. The van der Waals surface area contributed by atoms with Crippen LogP contribution < -0.4 is 5.32 Å². The van der Waals surface area contributed by atoms with Gasteiger partial charge in [-0.15, -0.1) is 0 Å². The third kappa shape index (κ3) is 6.68. The smallest absolute Gasteiger partial charge is 0.0195 e. The maximum absolute atomic E-state index is 3.66. The first-order valence-corrected chi connectivity index (χ1v) is 8.23. The van der Waals surface area contributed by atoms with E-state index in [9.17, 15) is 0 Å². The number of hydrogen-bond acceptors (Lipinski definition) is 3. The lowest BCUT2D eigenvalue weighted by Gasteiger charge is -2.33. The summed E-state index contributed by atoms with van der Waals surface area (Å²) in [6.45, 7) is 12.9. The Kier molecular flexibility index (Phi) is 7.56. The van der Waals surface area contributed by atoms with Crippen LogP contribution in [0.3, 0.4) is 0 Å². The summed E-state index contributed by atoms with van der Waals surface area (Å²) >= 11 is 2.08. The first kappa shape index (κ1) is 15.3. The van der Waals surface area contributed by atoms with Crippen LogP contribution in [0, 0.1) is 0 Å². The van der Waals surface area contributed by atoms with Crippen LogP contribution in [0.4, 0.5) is 0 Å². The lowest BCUT2D eigenvalue weighted by molar-refractivity contribution is 0.195. The molecule has 1 unspecified atom stereocenters. The van der Waals surface area contributed by atoms with Crippen molar-refractivity contribution in [1.82, 2.24) is 10.2 Å². The molecule has 0 aromatic carbocycles. The van der Waals surface area contributed by atoms with Crippen molar-refractivity contribution in [3.63, 3.8) is 0 Å². The molecule has 0 spiro atoms. The van der Waals surface area contributed by atoms with Crippen LogP contribution >= 0.6 is 11.8 Å². The first-order valence-electron chi connectivity index (χ1n) is 7.18. The van der Waals surface area contributed by atoms with Crippen molar-refractivity contribution in [3.8, 4) is 0 Å². The second-order valence-corrected chi connectivity index (χ2v) is 7.34. The molecule has 1 heterocycles. The van der Waals surface area contributed by atoms with Crippen molar-refractivity contribution in [3.05, 3.63) is 0 Å². The molecule has 0 aromatic heterocycles. The second-order valence-electron chi connectivity index (χ2n) is 5.66. The van der Waals surface area contributed by atoms with Gasteiger partial charge in [0.25, 0.3) is 0 Å². The predicted molar refractivity (Wildman–Crippen MR) is 79.9 cm³/mol. The maximum atomic E-state index is 3.66. The summed E-state index contributed by atoms with van der Waals surface area (Å²) in [5.74, 6) is 1.27. The van der Waals surface area contributed by atoms with Crippen molar-refractivity contribution in [1.29, 1.82) is 0 Å². The van der Waals surface area contributed by atoms with Crippen molar-refractivity contribution in [2.75, 3.05) is 25.4 Å². The lowest BCUT2D eigenvalue weighted by atomic mass is 10.0. The van der Waals surface area contributed by atoms with Gasteiger partial charge in [0.15, 0.2) is 0 Å². The van der Waals surface area contributed by atoms with E-state index in [0.717, 1.165) is 11.3 Å². The SMILES string of the molecule is CC(C)SCCN(CC1CCCCN1)C(C)C. The Morgan fingerprint density at radius 1 is 1.24 bits per heavy atom. The number of nitrogens with zero attached hydrogens (tertiary/aromatic N) is 1. The number of rotatable bonds is 7. The summed E-state index contributed by atoms with van der Waals surface area (Å²) in [6, 6.07) is 1.40. The van der Waals surface area contributed by atoms with E-state index in [4.69, 9.17) is 0 Å². The van der Waals surface area contributed by atoms with Gasteiger partial charge >= 0.3 is 0 Å². The minimum Gasteiger partial charge on any atom is -0.313 e. The van der Waals surface area contributed by atoms with E-state index >= 15 is 0 Å². The second kappa shape index (κ2) is 8.39. The molecule has 1 aliphatic heterocycles. The van der Waals surface area contributed by atoms with Gasteiger partial charge in [0.1, 0.15) is 0 Å². The number of nitrogens with one attached hydrogen (secondary N) is 1. The summed E-state index contributed by atoms with van der Waals surface area (Å²) in [6.07, 6.45) is 4.13. The third-order valence-electron chi connectivity index (χ3n) is 3.43. The van der Waals surface area contributed by atoms with Crippen LogP contribution in [0.5, 0.6) is 0 Å². The van der Waals surface area contributed by atoms with Gasteiger partial charge in [-0.25, -0.2) is 0 Å². The van der Waals surface area contributed by atoms with Crippen LogP contribution in [0.2, 0.25) is 0 Å². The molecule has 17 heavy (non-hydrogen) atoms. The van der Waals surface area contributed by atoms with Crippen molar-refractivity contribution in [2.24, 2.45) is 0 Å². The lowest BCUT2D eigenvalue weighted by Crippen LogP contribution is -2.46. The summed E-state index contributed by atoms with van der Waals surface area (Å²) in [5.41, 5.74) is 0. The molecule has 1 fully saturated rings. The fourth-order valence-electron chi connectivity index (χ4n) is 2.33. The van der Waals surface area contributed by atoms with Crippen LogP contribution in [-0.2, 0) is 0 Å². The zero-order valence-electron chi connectivity index (χ0n) is 12.0. The number of hydrogen-bond donors (Lipinski definition) is 1. The molecular weight excluding hydrogens is 228 g/mol. The Morgan fingerprint density at radius 3 is 2.53 bits per heavy atom. The topological polar surface area (TPSA) is 15.3 Å². The van der Waals surface area contributed by atoms with E-state index in [-0.39, 0.29) is 0 Å². The highest BCUT2D eigenvalue weighted by atomic mass is 32.2. The van der Waals surface area contributed by atoms with Crippen LogP contribution in [-0.4, -0.2) is 47.6 Å². The van der Waals surface area contributed by atoms with Crippen LogP contribution in [0.1, 0.15) is 47.0 Å². The van der Waals surface area contributed by atoms with E-state index in [1.165, 1.54) is 44.6 Å². The molecule has 0 radical (unpaired) electrons. The van der Waals surface area contributed by atoms with Gasteiger partial charge in [0, 0.05) is 30.9 Å². The number of piperidine rings is 1. The normalized spacial score (nSPS) is 21.7. The number of thioether (sulfide) groups is 1. The van der Waals surface area contributed by atoms with Gasteiger partial charge in [0.2, 0.25) is 0 Å². The highest BCUT2D eigenvalue weighted by Crippen LogP contribution is 2.13. The molecule has 2 nitrogen and oxygen atoms in total. The predicted octanol–water partition coefficient (Wildman–Crippen LogP) is 2.98. The summed E-state index contributed by atoms with van der Waals surface area (Å²) < 4.78 is 0. The molecule has 102 valence electrons. The highest BCUT2D eigenvalue weighted by molar-refractivity contribution is 7.99. The largest absolute Gasteiger partial charge is 0.313 e. The van der Waals surface area contributed by atoms with Gasteiger partial charge in [0.05, 0.1) is 0 Å². The van der Waals surface area contributed by atoms with Gasteiger partial charge in [-0.1, -0.05) is 20.3 Å². The van der Waals surface area contributed by atoms with Crippen LogP contribution in [0.25, 0.3) is 0 Å². The summed E-state index contributed by atoms with van der Waals surface area (Å²) in [7, 11) is 0. The quantitative estimate of drug-likeness (QED) is 0.756. The van der Waals surface area contributed by atoms with Gasteiger partial charge in [-0.05, 0) is 38.5 Å². The van der Waals surface area contributed by atoms with Crippen molar-refractivity contribution >= 4 is 11.8 Å². The van der Waals surface area contributed by atoms with E-state index in [1.807, 2.05) is 0 Å². The molecule has 0 aliphatic carbocycles. The van der Waals surface area contributed by atoms with Crippen molar-refractivity contribution < 1.29 is 0 Å². The Labute approximate surface area is 112 Å². The van der Waals surface area contributed by atoms with E-state index in [2.05, 4.69) is 49.7 Å². The van der Waals surface area contributed by atoms with Gasteiger partial charge in [-0.2, -0.15) is 11.8 Å². The molecule has 0 amide bonds. The van der Waals surface area contributed by atoms with E-state index in [0.29, 0.717) is 6.04 Å². The zero-order chi connectivity index (χ0) is 12.7. The molecule has 1 atom stereocenters. The maximum Gasteiger partial charge on any atom is 0.0195 e. The molecule has 1 N–H and O–H groups in total. The average Bonchev–Trinajstić information content (AvgIpc) is 2.28. The summed E-state index contributed by atoms with van der Waals surface area (Å²) in [4.78, 5) is 2.64. The molecule has 0 saturated carbocycles. The van der Waals surface area contributed by atoms with E-state index < -0.39 is 0 Å². The molecule has 1 rings (SSSR count). The zero-order valence-corrected chi connectivity index (χ0v) is 12.9. The molecule has 3 heteroatoms. The Balaban J connectivity index is 2.26. The Bertz CT molecular complexity index is 189. The van der Waals surface area contributed by atoms with E-state index in [1.54, 1.807) is 0 Å². The van der Waals surface area contributed by atoms with Crippen LogP contribution in [0.15, 0.2) is 0 Å². The Hall–Kier alpha value is 0.270. The standard InChI is InChI=1S/C14H30N2S/c1-12(2)16(9-10-17-13(3)4)11-14-7-5-6-8-15-14/h12-15H,5-11H2,1-4H3. The fourth-order valence-corrected chi connectivity index (χ4v) is 3.14. The molecular formula is C14H30N2S. The molecule has 0 bridgehead atoms. The molecule has 1 aliphatic rings. The van der Waals surface area contributed by atoms with Gasteiger partial charge < -0.3 is 5.32 Å². The third-order valence-corrected chi connectivity index (χ3v) is 4.51. The average molecular weight is 258 g/mol.